The Morgan fingerprint density at radius 3 is 2.79 bits per heavy atom. The van der Waals surface area contributed by atoms with E-state index >= 15 is 0 Å². The Morgan fingerprint density at radius 1 is 1.50 bits per heavy atom. The van der Waals surface area contributed by atoms with Crippen LogP contribution in [0.4, 0.5) is 0 Å². The molecule has 0 spiro atoms. The monoisotopic (exact) mass is 222 g/mol. The lowest BCUT2D eigenvalue weighted by Crippen LogP contribution is -2.48. The SMILES string of the molecule is CC1CCCCN1S(=O)(=O)NCCO. The van der Waals surface area contributed by atoms with Crippen LogP contribution in [0.5, 0.6) is 0 Å². The first-order valence-electron chi connectivity index (χ1n) is 4.95. The maximum Gasteiger partial charge on any atom is 0.279 e. The molecule has 14 heavy (non-hydrogen) atoms. The van der Waals surface area contributed by atoms with Gasteiger partial charge in [0.05, 0.1) is 6.61 Å². The summed E-state index contributed by atoms with van der Waals surface area (Å²) < 4.78 is 27.2. The van der Waals surface area contributed by atoms with Crippen molar-refractivity contribution < 1.29 is 13.5 Å². The number of piperidine rings is 1. The third kappa shape index (κ3) is 2.91. The molecule has 1 unspecified atom stereocenters. The normalized spacial score (nSPS) is 25.1. The van der Waals surface area contributed by atoms with E-state index in [1.807, 2.05) is 6.92 Å². The van der Waals surface area contributed by atoms with Crippen molar-refractivity contribution in [1.82, 2.24) is 9.03 Å². The van der Waals surface area contributed by atoms with Gasteiger partial charge in [-0.25, -0.2) is 0 Å². The van der Waals surface area contributed by atoms with Gasteiger partial charge in [0.15, 0.2) is 0 Å². The summed E-state index contributed by atoms with van der Waals surface area (Å²) in [4.78, 5) is 0. The molecule has 0 aromatic rings. The van der Waals surface area contributed by atoms with Crippen LogP contribution >= 0.6 is 0 Å². The lowest BCUT2D eigenvalue weighted by molar-refractivity contribution is 0.260. The van der Waals surface area contributed by atoms with Crippen LogP contribution < -0.4 is 4.72 Å². The molecule has 6 heteroatoms. The van der Waals surface area contributed by atoms with E-state index in [1.165, 1.54) is 4.31 Å². The Hall–Kier alpha value is -0.170. The fourth-order valence-corrected chi connectivity index (χ4v) is 3.15. The molecule has 0 saturated carbocycles. The Bertz CT molecular complexity index is 266. The zero-order chi connectivity index (χ0) is 10.6. The standard InChI is InChI=1S/C8H18N2O3S/c1-8-4-2-3-6-10(8)14(12,13)9-5-7-11/h8-9,11H,2-7H2,1H3. The van der Waals surface area contributed by atoms with Gasteiger partial charge in [0, 0.05) is 19.1 Å². The predicted octanol–water partition coefficient (Wildman–Crippen LogP) is -0.313. The molecule has 1 atom stereocenters. The third-order valence-corrected chi connectivity index (χ3v) is 4.18. The van der Waals surface area contributed by atoms with Crippen LogP contribution in [0, 0.1) is 0 Å². The molecule has 0 amide bonds. The van der Waals surface area contributed by atoms with Crippen molar-refractivity contribution in [2.75, 3.05) is 19.7 Å². The van der Waals surface area contributed by atoms with Crippen LogP contribution in [-0.4, -0.2) is 43.6 Å². The van der Waals surface area contributed by atoms with Gasteiger partial charge in [-0.2, -0.15) is 17.4 Å². The Labute approximate surface area is 85.3 Å². The molecule has 2 N–H and O–H groups in total. The van der Waals surface area contributed by atoms with E-state index in [4.69, 9.17) is 5.11 Å². The molecule has 1 aliphatic heterocycles. The van der Waals surface area contributed by atoms with E-state index in [9.17, 15) is 8.42 Å². The molecular weight excluding hydrogens is 204 g/mol. The molecular formula is C8H18N2O3S. The van der Waals surface area contributed by atoms with Crippen molar-refractivity contribution in [2.24, 2.45) is 0 Å². The highest BCUT2D eigenvalue weighted by Crippen LogP contribution is 2.18. The second-order valence-corrected chi connectivity index (χ2v) is 5.29. The van der Waals surface area contributed by atoms with Gasteiger partial charge < -0.3 is 5.11 Å². The summed E-state index contributed by atoms with van der Waals surface area (Å²) in [5, 5.41) is 8.55. The lowest BCUT2D eigenvalue weighted by Gasteiger charge is -2.32. The van der Waals surface area contributed by atoms with Crippen molar-refractivity contribution in [3.63, 3.8) is 0 Å². The van der Waals surface area contributed by atoms with E-state index in [-0.39, 0.29) is 19.2 Å². The highest BCUT2D eigenvalue weighted by Gasteiger charge is 2.28. The van der Waals surface area contributed by atoms with Crippen LogP contribution in [0.1, 0.15) is 26.2 Å². The number of nitrogens with zero attached hydrogens (tertiary/aromatic N) is 1. The number of aliphatic hydroxyl groups excluding tert-OH is 1. The third-order valence-electron chi connectivity index (χ3n) is 2.45. The summed E-state index contributed by atoms with van der Waals surface area (Å²) >= 11 is 0. The maximum atomic E-state index is 11.7. The smallest absolute Gasteiger partial charge is 0.279 e. The number of rotatable bonds is 4. The molecule has 1 rings (SSSR count). The molecule has 0 bridgehead atoms. The minimum Gasteiger partial charge on any atom is -0.395 e. The topological polar surface area (TPSA) is 69.6 Å². The van der Waals surface area contributed by atoms with E-state index in [0.717, 1.165) is 19.3 Å². The second-order valence-electron chi connectivity index (χ2n) is 3.58. The summed E-state index contributed by atoms with van der Waals surface area (Å²) in [5.41, 5.74) is 0. The van der Waals surface area contributed by atoms with E-state index in [0.29, 0.717) is 6.54 Å². The summed E-state index contributed by atoms with van der Waals surface area (Å²) in [6.07, 6.45) is 2.93. The van der Waals surface area contributed by atoms with Crippen molar-refractivity contribution in [3.8, 4) is 0 Å². The Kier molecular flexibility index (Phi) is 4.31. The minimum atomic E-state index is -3.37. The Balaban J connectivity index is 2.60. The fraction of sp³-hybridized carbons (Fsp3) is 1.00. The molecule has 0 aliphatic carbocycles. The van der Waals surface area contributed by atoms with E-state index in [1.54, 1.807) is 0 Å². The average Bonchev–Trinajstić information content (AvgIpc) is 2.15. The summed E-state index contributed by atoms with van der Waals surface area (Å²) in [6, 6.07) is 0.0694. The van der Waals surface area contributed by atoms with Crippen LogP contribution in [0.25, 0.3) is 0 Å². The van der Waals surface area contributed by atoms with Gasteiger partial charge >= 0.3 is 0 Å². The van der Waals surface area contributed by atoms with Gasteiger partial charge in [-0.3, -0.25) is 0 Å². The van der Waals surface area contributed by atoms with Gasteiger partial charge in [-0.15, -0.1) is 0 Å². The summed E-state index contributed by atoms with van der Waals surface area (Å²) in [6.45, 7) is 2.42. The molecule has 1 heterocycles. The zero-order valence-corrected chi connectivity index (χ0v) is 9.26. The molecule has 1 aliphatic rings. The van der Waals surface area contributed by atoms with Crippen molar-refractivity contribution in [2.45, 2.75) is 32.2 Å². The van der Waals surface area contributed by atoms with Gasteiger partial charge in [-0.1, -0.05) is 6.42 Å². The first-order chi connectivity index (χ1) is 6.58. The highest BCUT2D eigenvalue weighted by molar-refractivity contribution is 7.87. The van der Waals surface area contributed by atoms with Crippen LogP contribution in [0.15, 0.2) is 0 Å². The second kappa shape index (κ2) is 5.06. The largest absolute Gasteiger partial charge is 0.395 e. The summed E-state index contributed by atoms with van der Waals surface area (Å²) in [5.74, 6) is 0. The quantitative estimate of drug-likeness (QED) is 0.685. The average molecular weight is 222 g/mol. The van der Waals surface area contributed by atoms with Crippen molar-refractivity contribution in [3.05, 3.63) is 0 Å². The number of hydrogen-bond donors (Lipinski definition) is 2. The van der Waals surface area contributed by atoms with Gasteiger partial charge in [0.2, 0.25) is 0 Å². The van der Waals surface area contributed by atoms with Crippen LogP contribution in [0.3, 0.4) is 0 Å². The van der Waals surface area contributed by atoms with Gasteiger partial charge in [0.25, 0.3) is 10.2 Å². The van der Waals surface area contributed by atoms with Crippen molar-refractivity contribution in [1.29, 1.82) is 0 Å². The zero-order valence-electron chi connectivity index (χ0n) is 8.44. The molecule has 1 saturated heterocycles. The predicted molar refractivity (Wildman–Crippen MR) is 54.0 cm³/mol. The number of hydrogen-bond acceptors (Lipinski definition) is 3. The van der Waals surface area contributed by atoms with Crippen LogP contribution in [-0.2, 0) is 10.2 Å². The molecule has 1 fully saturated rings. The minimum absolute atomic E-state index is 0.0694. The van der Waals surface area contributed by atoms with Crippen molar-refractivity contribution >= 4 is 10.2 Å². The lowest BCUT2D eigenvalue weighted by atomic mass is 10.1. The number of nitrogens with one attached hydrogen (secondary N) is 1. The highest BCUT2D eigenvalue weighted by atomic mass is 32.2. The summed E-state index contributed by atoms with van der Waals surface area (Å²) in [7, 11) is -3.37. The van der Waals surface area contributed by atoms with Gasteiger partial charge in [0.1, 0.15) is 0 Å². The maximum absolute atomic E-state index is 11.7. The van der Waals surface area contributed by atoms with E-state index < -0.39 is 10.2 Å². The first kappa shape index (κ1) is 11.9. The number of aliphatic hydroxyl groups is 1. The van der Waals surface area contributed by atoms with Crippen LogP contribution in [0.2, 0.25) is 0 Å². The molecule has 0 radical (unpaired) electrons. The molecule has 84 valence electrons. The molecule has 0 aromatic heterocycles. The van der Waals surface area contributed by atoms with E-state index in [2.05, 4.69) is 4.72 Å². The Morgan fingerprint density at radius 2 is 2.21 bits per heavy atom. The molecule has 5 nitrogen and oxygen atoms in total. The first-order valence-corrected chi connectivity index (χ1v) is 6.39. The van der Waals surface area contributed by atoms with Gasteiger partial charge in [-0.05, 0) is 19.8 Å². The molecule has 0 aromatic carbocycles. The fourth-order valence-electron chi connectivity index (χ4n) is 1.69.